The van der Waals surface area contributed by atoms with Gasteiger partial charge in [0.15, 0.2) is 0 Å². The van der Waals surface area contributed by atoms with E-state index in [1.165, 1.54) is 0 Å². The lowest BCUT2D eigenvalue weighted by atomic mass is 10.0. The fourth-order valence-electron chi connectivity index (χ4n) is 1.60. The summed E-state index contributed by atoms with van der Waals surface area (Å²) in [6.07, 6.45) is 1.08. The summed E-state index contributed by atoms with van der Waals surface area (Å²) in [5, 5.41) is 2.85. The molecule has 0 aliphatic carbocycles. The summed E-state index contributed by atoms with van der Waals surface area (Å²) in [5.41, 5.74) is 1.14. The summed E-state index contributed by atoms with van der Waals surface area (Å²) in [7, 11) is -3.36. The van der Waals surface area contributed by atoms with Crippen LogP contribution in [0.15, 0.2) is 18.2 Å². The highest BCUT2D eigenvalue weighted by atomic mass is 32.2. The minimum atomic E-state index is -3.36. The third-order valence-electron chi connectivity index (χ3n) is 2.36. The van der Waals surface area contributed by atoms with Gasteiger partial charge in [-0.15, -0.1) is 0 Å². The number of carbonyl (C=O) groups excluding carboxylic acids is 1. The molecule has 0 atom stereocenters. The summed E-state index contributed by atoms with van der Waals surface area (Å²) in [4.78, 5) is 12.1. The molecule has 0 aliphatic rings. The molecule has 0 saturated carbocycles. The minimum absolute atomic E-state index is 0.220. The molecule has 0 heterocycles. The van der Waals surface area contributed by atoms with Crippen molar-refractivity contribution in [1.29, 1.82) is 0 Å². The molecule has 0 aromatic heterocycles. The molecule has 0 fully saturated rings. The van der Waals surface area contributed by atoms with Crippen LogP contribution in [0.2, 0.25) is 0 Å². The second kappa shape index (κ2) is 5.21. The van der Waals surface area contributed by atoms with Gasteiger partial charge in [0.2, 0.25) is 10.0 Å². The Bertz CT molecular complexity index is 586. The fraction of sp³-hybridized carbons (Fsp3) is 0.462. The van der Waals surface area contributed by atoms with E-state index in [0.717, 1.165) is 6.26 Å². The number of hydrogen-bond acceptors (Lipinski definition) is 3. The molecule has 1 aromatic rings. The average Bonchev–Trinajstić information content (AvgIpc) is 2.16. The maximum Gasteiger partial charge on any atom is 0.252 e. The first kappa shape index (κ1) is 15.5. The maximum atomic E-state index is 12.1. The van der Waals surface area contributed by atoms with E-state index >= 15 is 0 Å². The van der Waals surface area contributed by atoms with Gasteiger partial charge < -0.3 is 5.32 Å². The van der Waals surface area contributed by atoms with E-state index in [1.54, 1.807) is 25.1 Å². The number of hydrogen-bond donors (Lipinski definition) is 2. The van der Waals surface area contributed by atoms with E-state index in [-0.39, 0.29) is 11.4 Å². The Hall–Kier alpha value is -1.56. The first-order chi connectivity index (χ1) is 8.49. The van der Waals surface area contributed by atoms with Crippen molar-refractivity contribution in [2.75, 3.05) is 11.0 Å². The van der Waals surface area contributed by atoms with Crippen molar-refractivity contribution in [2.24, 2.45) is 0 Å². The number of carbonyl (C=O) groups is 1. The Kier molecular flexibility index (Phi) is 4.25. The zero-order valence-corrected chi connectivity index (χ0v) is 12.7. The van der Waals surface area contributed by atoms with Crippen LogP contribution in [0.25, 0.3) is 0 Å². The van der Waals surface area contributed by atoms with Gasteiger partial charge in [-0.3, -0.25) is 9.52 Å². The van der Waals surface area contributed by atoms with Crippen molar-refractivity contribution in [3.63, 3.8) is 0 Å². The van der Waals surface area contributed by atoms with E-state index in [1.807, 2.05) is 20.8 Å². The number of sulfonamides is 1. The quantitative estimate of drug-likeness (QED) is 0.890. The lowest BCUT2D eigenvalue weighted by molar-refractivity contribution is 0.0919. The number of anilines is 1. The number of amides is 1. The van der Waals surface area contributed by atoms with E-state index in [9.17, 15) is 13.2 Å². The van der Waals surface area contributed by atoms with E-state index in [0.29, 0.717) is 16.8 Å². The largest absolute Gasteiger partial charge is 0.347 e. The second-order valence-electron chi connectivity index (χ2n) is 5.56. The predicted octanol–water partition coefficient (Wildman–Crippen LogP) is 1.89. The lowest BCUT2D eigenvalue weighted by Crippen LogP contribution is -2.40. The minimum Gasteiger partial charge on any atom is -0.347 e. The molecule has 5 nitrogen and oxygen atoms in total. The van der Waals surface area contributed by atoms with E-state index < -0.39 is 10.0 Å². The van der Waals surface area contributed by atoms with Crippen molar-refractivity contribution < 1.29 is 13.2 Å². The van der Waals surface area contributed by atoms with Gasteiger partial charge in [0, 0.05) is 11.1 Å². The van der Waals surface area contributed by atoms with E-state index in [4.69, 9.17) is 0 Å². The molecule has 1 amide bonds. The van der Waals surface area contributed by atoms with Gasteiger partial charge in [0.05, 0.1) is 11.9 Å². The second-order valence-corrected chi connectivity index (χ2v) is 7.30. The first-order valence-corrected chi connectivity index (χ1v) is 7.79. The third kappa shape index (κ3) is 4.90. The molecule has 0 unspecified atom stereocenters. The molecule has 0 radical (unpaired) electrons. The highest BCUT2D eigenvalue weighted by Gasteiger charge is 2.18. The Labute approximate surface area is 114 Å². The van der Waals surface area contributed by atoms with Crippen LogP contribution in [0.3, 0.4) is 0 Å². The first-order valence-electron chi connectivity index (χ1n) is 5.89. The topological polar surface area (TPSA) is 75.3 Å². The average molecular weight is 284 g/mol. The summed E-state index contributed by atoms with van der Waals surface area (Å²) >= 11 is 0. The Balaban J connectivity index is 3.11. The molecular formula is C13H20N2O3S. The lowest BCUT2D eigenvalue weighted by Gasteiger charge is -2.21. The van der Waals surface area contributed by atoms with Crippen molar-refractivity contribution >= 4 is 21.6 Å². The molecule has 106 valence electrons. The summed E-state index contributed by atoms with van der Waals surface area (Å²) in [5.74, 6) is -0.220. The number of benzene rings is 1. The van der Waals surface area contributed by atoms with Crippen molar-refractivity contribution in [3.05, 3.63) is 29.3 Å². The highest BCUT2D eigenvalue weighted by molar-refractivity contribution is 7.92. The highest BCUT2D eigenvalue weighted by Crippen LogP contribution is 2.20. The molecule has 0 spiro atoms. The molecular weight excluding hydrogens is 264 g/mol. The standard InChI is InChI=1S/C13H20N2O3S/c1-9-10(12(16)14-13(2,3)4)7-6-8-11(9)15-19(5,17)18/h6-8,15H,1-5H3,(H,14,16). The maximum absolute atomic E-state index is 12.1. The van der Waals surface area contributed by atoms with Crippen LogP contribution in [0.5, 0.6) is 0 Å². The van der Waals surface area contributed by atoms with Gasteiger partial charge in [-0.1, -0.05) is 6.07 Å². The Morgan fingerprint density at radius 1 is 1.21 bits per heavy atom. The predicted molar refractivity (Wildman–Crippen MR) is 76.9 cm³/mol. The number of nitrogens with one attached hydrogen (secondary N) is 2. The van der Waals surface area contributed by atoms with Crippen LogP contribution in [-0.2, 0) is 10.0 Å². The molecule has 1 rings (SSSR count). The van der Waals surface area contributed by atoms with Gasteiger partial charge in [-0.2, -0.15) is 0 Å². The van der Waals surface area contributed by atoms with Crippen LogP contribution in [0.1, 0.15) is 36.7 Å². The van der Waals surface area contributed by atoms with Gasteiger partial charge >= 0.3 is 0 Å². The molecule has 6 heteroatoms. The van der Waals surface area contributed by atoms with Crippen molar-refractivity contribution in [1.82, 2.24) is 5.32 Å². The van der Waals surface area contributed by atoms with Crippen molar-refractivity contribution in [3.8, 4) is 0 Å². The van der Waals surface area contributed by atoms with Crippen LogP contribution in [-0.4, -0.2) is 26.1 Å². The van der Waals surface area contributed by atoms with Gasteiger partial charge in [0.1, 0.15) is 0 Å². The van der Waals surface area contributed by atoms with Crippen LogP contribution >= 0.6 is 0 Å². The molecule has 0 aliphatic heterocycles. The third-order valence-corrected chi connectivity index (χ3v) is 2.95. The zero-order valence-electron chi connectivity index (χ0n) is 11.9. The Morgan fingerprint density at radius 2 is 1.79 bits per heavy atom. The number of rotatable bonds is 3. The SMILES string of the molecule is Cc1c(NS(C)(=O)=O)cccc1C(=O)NC(C)(C)C. The normalized spacial score (nSPS) is 12.1. The smallest absolute Gasteiger partial charge is 0.252 e. The zero-order chi connectivity index (χ0) is 14.8. The fourth-order valence-corrected chi connectivity index (χ4v) is 2.22. The molecule has 2 N–H and O–H groups in total. The summed E-state index contributed by atoms with van der Waals surface area (Å²) < 4.78 is 24.9. The molecule has 19 heavy (non-hydrogen) atoms. The Morgan fingerprint density at radius 3 is 2.26 bits per heavy atom. The van der Waals surface area contributed by atoms with Crippen molar-refractivity contribution in [2.45, 2.75) is 33.2 Å². The molecule has 0 saturated heterocycles. The summed E-state index contributed by atoms with van der Waals surface area (Å²) in [6, 6.07) is 4.95. The summed E-state index contributed by atoms with van der Waals surface area (Å²) in [6.45, 7) is 7.38. The van der Waals surface area contributed by atoms with Gasteiger partial charge in [0.25, 0.3) is 5.91 Å². The monoisotopic (exact) mass is 284 g/mol. The van der Waals surface area contributed by atoms with Gasteiger partial charge in [-0.25, -0.2) is 8.42 Å². The van der Waals surface area contributed by atoms with Crippen LogP contribution in [0.4, 0.5) is 5.69 Å². The van der Waals surface area contributed by atoms with E-state index in [2.05, 4.69) is 10.0 Å². The van der Waals surface area contributed by atoms with Gasteiger partial charge in [-0.05, 0) is 45.4 Å². The van der Waals surface area contributed by atoms with Crippen LogP contribution in [0, 0.1) is 6.92 Å². The molecule has 0 bridgehead atoms. The van der Waals surface area contributed by atoms with Crippen LogP contribution < -0.4 is 10.0 Å². The molecule has 1 aromatic carbocycles.